The fourth-order valence-electron chi connectivity index (χ4n) is 2.04. The number of nitrogens with zero attached hydrogens (tertiary/aromatic N) is 2. The highest BCUT2D eigenvalue weighted by atomic mass is 15.3. The molecule has 0 bridgehead atoms. The number of nitrogens with two attached hydrogens (primary N) is 1. The minimum absolute atomic E-state index is 0.358. The number of nitrogen functional groups attached to an aromatic ring is 1. The summed E-state index contributed by atoms with van der Waals surface area (Å²) in [5.41, 5.74) is 4.07. The van der Waals surface area contributed by atoms with Crippen LogP contribution in [0.5, 0.6) is 0 Å². The first-order valence-electron chi connectivity index (χ1n) is 5.91. The molecule has 3 N–H and O–H groups in total. The van der Waals surface area contributed by atoms with E-state index < -0.39 is 0 Å². The fraction of sp³-hybridized carbons (Fsp3) is 0.667. The average molecular weight is 220 g/mol. The van der Waals surface area contributed by atoms with Crippen molar-refractivity contribution < 1.29 is 0 Å². The highest BCUT2D eigenvalue weighted by molar-refractivity contribution is 5.36. The smallest absolute Gasteiger partial charge is 0.143 e. The summed E-state index contributed by atoms with van der Waals surface area (Å²) in [6, 6.07) is 1.93. The van der Waals surface area contributed by atoms with E-state index in [1.54, 1.807) is 0 Å². The zero-order valence-corrected chi connectivity index (χ0v) is 10.2. The van der Waals surface area contributed by atoms with Crippen molar-refractivity contribution in [3.63, 3.8) is 0 Å². The van der Waals surface area contributed by atoms with Gasteiger partial charge in [-0.1, -0.05) is 27.2 Å². The van der Waals surface area contributed by atoms with Gasteiger partial charge in [0.05, 0.1) is 0 Å². The number of hydrogen-bond donors (Lipinski definition) is 2. The first kappa shape index (κ1) is 11.3. The minimum atomic E-state index is 0.358. The normalized spacial score (nSPS) is 21.9. The van der Waals surface area contributed by atoms with Crippen molar-refractivity contribution in [3.8, 4) is 0 Å². The SMILES string of the molecule is CCCc1cc(NN)nc(C2CC2(C)C)n1. The van der Waals surface area contributed by atoms with E-state index in [1.807, 2.05) is 6.07 Å². The van der Waals surface area contributed by atoms with Crippen molar-refractivity contribution >= 4 is 5.82 Å². The Bertz CT molecular complexity index is 387. The summed E-state index contributed by atoms with van der Waals surface area (Å²) in [6.07, 6.45) is 3.25. The fourth-order valence-corrected chi connectivity index (χ4v) is 2.04. The summed E-state index contributed by atoms with van der Waals surface area (Å²) in [5, 5.41) is 0. The molecule has 0 saturated heterocycles. The van der Waals surface area contributed by atoms with Crippen LogP contribution >= 0.6 is 0 Å². The van der Waals surface area contributed by atoms with Gasteiger partial charge in [0.1, 0.15) is 11.6 Å². The van der Waals surface area contributed by atoms with Gasteiger partial charge in [-0.05, 0) is 18.3 Å². The zero-order valence-electron chi connectivity index (χ0n) is 10.2. The Morgan fingerprint density at radius 1 is 1.50 bits per heavy atom. The van der Waals surface area contributed by atoms with Crippen molar-refractivity contribution in [2.45, 2.75) is 46.0 Å². The lowest BCUT2D eigenvalue weighted by Gasteiger charge is -2.08. The number of anilines is 1. The average Bonchev–Trinajstić information content (AvgIpc) is 2.88. The van der Waals surface area contributed by atoms with E-state index in [-0.39, 0.29) is 0 Å². The Hall–Kier alpha value is -1.16. The van der Waals surface area contributed by atoms with Gasteiger partial charge < -0.3 is 5.43 Å². The van der Waals surface area contributed by atoms with Gasteiger partial charge >= 0.3 is 0 Å². The van der Waals surface area contributed by atoms with Crippen LogP contribution in [0.2, 0.25) is 0 Å². The lowest BCUT2D eigenvalue weighted by Crippen LogP contribution is -2.12. The summed E-state index contributed by atoms with van der Waals surface area (Å²) in [4.78, 5) is 9.07. The number of hydrazine groups is 1. The molecule has 1 fully saturated rings. The summed E-state index contributed by atoms with van der Waals surface area (Å²) in [5.74, 6) is 7.61. The molecule has 2 rings (SSSR count). The summed E-state index contributed by atoms with van der Waals surface area (Å²) in [7, 11) is 0. The number of aryl methyl sites for hydroxylation is 1. The van der Waals surface area contributed by atoms with Gasteiger partial charge in [0.25, 0.3) is 0 Å². The molecule has 1 saturated carbocycles. The lowest BCUT2D eigenvalue weighted by molar-refractivity contribution is 0.606. The third-order valence-corrected chi connectivity index (χ3v) is 3.28. The maximum absolute atomic E-state index is 5.43. The van der Waals surface area contributed by atoms with Gasteiger partial charge in [0, 0.05) is 17.7 Å². The predicted octanol–water partition coefficient (Wildman–Crippen LogP) is 2.23. The van der Waals surface area contributed by atoms with Crippen molar-refractivity contribution in [2.75, 3.05) is 5.43 Å². The Kier molecular flexibility index (Phi) is 2.84. The Morgan fingerprint density at radius 2 is 2.19 bits per heavy atom. The molecule has 0 aromatic carbocycles. The van der Waals surface area contributed by atoms with Crippen LogP contribution < -0.4 is 11.3 Å². The van der Waals surface area contributed by atoms with E-state index in [9.17, 15) is 0 Å². The Labute approximate surface area is 96.6 Å². The molecule has 1 aliphatic rings. The topological polar surface area (TPSA) is 63.8 Å². The standard InChI is InChI=1S/C12H20N4/c1-4-5-8-6-10(16-13)15-11(14-8)9-7-12(9,2)3/h6,9H,4-5,7,13H2,1-3H3,(H,14,15,16). The van der Waals surface area contributed by atoms with E-state index in [0.29, 0.717) is 11.3 Å². The molecule has 1 aliphatic carbocycles. The Balaban J connectivity index is 2.27. The minimum Gasteiger partial charge on any atom is -0.308 e. The number of aromatic nitrogens is 2. The van der Waals surface area contributed by atoms with Gasteiger partial charge in [0.15, 0.2) is 0 Å². The molecule has 1 heterocycles. The third kappa shape index (κ3) is 2.16. The molecule has 88 valence electrons. The van der Waals surface area contributed by atoms with Crippen molar-refractivity contribution in [1.29, 1.82) is 0 Å². The molecule has 0 radical (unpaired) electrons. The van der Waals surface area contributed by atoms with Gasteiger partial charge in [-0.25, -0.2) is 15.8 Å². The number of nitrogens with one attached hydrogen (secondary N) is 1. The third-order valence-electron chi connectivity index (χ3n) is 3.28. The van der Waals surface area contributed by atoms with Crippen LogP contribution in [-0.2, 0) is 6.42 Å². The second-order valence-electron chi connectivity index (χ2n) is 5.24. The molecule has 0 amide bonds. The quantitative estimate of drug-likeness (QED) is 0.603. The van der Waals surface area contributed by atoms with Crippen molar-refractivity contribution in [3.05, 3.63) is 17.6 Å². The van der Waals surface area contributed by atoms with Gasteiger partial charge in [-0.3, -0.25) is 0 Å². The molecule has 16 heavy (non-hydrogen) atoms. The van der Waals surface area contributed by atoms with Gasteiger partial charge in [-0.15, -0.1) is 0 Å². The molecule has 1 unspecified atom stereocenters. The highest BCUT2D eigenvalue weighted by Crippen LogP contribution is 2.57. The molecular formula is C12H20N4. The Morgan fingerprint density at radius 3 is 2.69 bits per heavy atom. The number of rotatable bonds is 4. The molecule has 0 aliphatic heterocycles. The van der Waals surface area contributed by atoms with Crippen molar-refractivity contribution in [1.82, 2.24) is 9.97 Å². The molecule has 1 aromatic rings. The molecule has 1 atom stereocenters. The first-order valence-corrected chi connectivity index (χ1v) is 5.91. The van der Waals surface area contributed by atoms with Crippen LogP contribution in [0.3, 0.4) is 0 Å². The largest absolute Gasteiger partial charge is 0.308 e. The second kappa shape index (κ2) is 4.01. The second-order valence-corrected chi connectivity index (χ2v) is 5.24. The van der Waals surface area contributed by atoms with Gasteiger partial charge in [-0.2, -0.15) is 0 Å². The van der Waals surface area contributed by atoms with E-state index in [4.69, 9.17) is 5.84 Å². The predicted molar refractivity (Wildman–Crippen MR) is 65.0 cm³/mol. The van der Waals surface area contributed by atoms with Crippen LogP contribution in [0.15, 0.2) is 6.07 Å². The summed E-state index contributed by atoms with van der Waals surface area (Å²) >= 11 is 0. The van der Waals surface area contributed by atoms with E-state index in [1.165, 1.54) is 6.42 Å². The molecule has 1 aromatic heterocycles. The van der Waals surface area contributed by atoms with Crippen LogP contribution in [-0.4, -0.2) is 9.97 Å². The van der Waals surface area contributed by atoms with Crippen LogP contribution in [0.25, 0.3) is 0 Å². The maximum atomic E-state index is 5.43. The van der Waals surface area contributed by atoms with Crippen LogP contribution in [0.4, 0.5) is 5.82 Å². The summed E-state index contributed by atoms with van der Waals surface area (Å²) in [6.45, 7) is 6.66. The molecule has 4 nitrogen and oxygen atoms in total. The molecular weight excluding hydrogens is 200 g/mol. The van der Waals surface area contributed by atoms with Crippen LogP contribution in [0.1, 0.15) is 51.0 Å². The number of hydrogen-bond acceptors (Lipinski definition) is 4. The maximum Gasteiger partial charge on any atom is 0.143 e. The van der Waals surface area contributed by atoms with Crippen LogP contribution in [0, 0.1) is 5.41 Å². The summed E-state index contributed by atoms with van der Waals surface area (Å²) < 4.78 is 0. The zero-order chi connectivity index (χ0) is 11.8. The first-order chi connectivity index (χ1) is 7.56. The molecule has 4 heteroatoms. The van der Waals surface area contributed by atoms with E-state index >= 15 is 0 Å². The lowest BCUT2D eigenvalue weighted by atomic mass is 10.1. The highest BCUT2D eigenvalue weighted by Gasteiger charge is 2.48. The molecule has 0 spiro atoms. The van der Waals surface area contributed by atoms with Gasteiger partial charge in [0.2, 0.25) is 0 Å². The monoisotopic (exact) mass is 220 g/mol. The van der Waals surface area contributed by atoms with E-state index in [2.05, 4.69) is 36.2 Å². The van der Waals surface area contributed by atoms with Crippen molar-refractivity contribution in [2.24, 2.45) is 11.3 Å². The van der Waals surface area contributed by atoms with E-state index in [0.717, 1.165) is 30.2 Å².